The summed E-state index contributed by atoms with van der Waals surface area (Å²) in [6, 6.07) is 6.10. The number of ether oxygens (including phenoxy) is 2. The largest absolute Gasteiger partial charge is 0.544 e. The highest BCUT2D eigenvalue weighted by Crippen LogP contribution is 2.36. The zero-order chi connectivity index (χ0) is 17.0. The van der Waals surface area contributed by atoms with Crippen LogP contribution in [0.3, 0.4) is 0 Å². The summed E-state index contributed by atoms with van der Waals surface area (Å²) < 4.78 is 10.3. The Hall–Kier alpha value is -2.31. The minimum atomic E-state index is -1.30. The summed E-state index contributed by atoms with van der Waals surface area (Å²) in [5, 5.41) is 11.1. The van der Waals surface area contributed by atoms with Gasteiger partial charge in [0.1, 0.15) is 0 Å². The number of halogens is 1. The summed E-state index contributed by atoms with van der Waals surface area (Å²) in [6.07, 6.45) is 2.90. The molecule has 0 bridgehead atoms. The van der Waals surface area contributed by atoms with Gasteiger partial charge in [-0.3, -0.25) is 4.79 Å². The minimum Gasteiger partial charge on any atom is -0.544 e. The van der Waals surface area contributed by atoms with Gasteiger partial charge < -0.3 is 19.4 Å². The minimum absolute atomic E-state index is 0.0101. The smallest absolute Gasteiger partial charge is 0.195 e. The summed E-state index contributed by atoms with van der Waals surface area (Å²) in [5.41, 5.74) is 0.651. The fraction of sp³-hybridized carbons (Fsp3) is 0.125. The van der Waals surface area contributed by atoms with E-state index in [-0.39, 0.29) is 10.7 Å². The van der Waals surface area contributed by atoms with Crippen LogP contribution in [0.4, 0.5) is 0 Å². The number of hydrogen-bond acceptors (Lipinski definition) is 6. The molecule has 0 N–H and O–H groups in total. The number of thiophene rings is 1. The van der Waals surface area contributed by atoms with Crippen LogP contribution in [-0.2, 0) is 0 Å². The van der Waals surface area contributed by atoms with Crippen LogP contribution in [-0.4, -0.2) is 26.0 Å². The Balaban J connectivity index is 2.23. The quantitative estimate of drug-likeness (QED) is 0.590. The highest BCUT2D eigenvalue weighted by Gasteiger charge is 2.11. The number of allylic oxidation sites excluding steroid dienone is 1. The predicted octanol–water partition coefficient (Wildman–Crippen LogP) is 2.68. The molecule has 0 amide bonds. The molecule has 0 unspecified atom stereocenters. The maximum absolute atomic E-state index is 12.0. The second-order valence-corrected chi connectivity index (χ2v) is 5.88. The monoisotopic (exact) mass is 351 g/mol. The molecule has 1 aromatic carbocycles. The molecule has 7 heteroatoms. The van der Waals surface area contributed by atoms with Crippen LogP contribution in [0.1, 0.15) is 24.9 Å². The number of ketones is 1. The number of carbonyl (C=O) groups excluding carboxylic acids is 2. The van der Waals surface area contributed by atoms with Crippen molar-refractivity contribution in [1.82, 2.24) is 0 Å². The molecule has 2 aromatic rings. The van der Waals surface area contributed by atoms with E-state index in [9.17, 15) is 14.7 Å². The van der Waals surface area contributed by atoms with Crippen LogP contribution < -0.4 is 14.6 Å². The van der Waals surface area contributed by atoms with Crippen LogP contribution in [0, 0.1) is 0 Å². The van der Waals surface area contributed by atoms with Crippen LogP contribution in [0.5, 0.6) is 11.5 Å². The number of rotatable bonds is 6. The average Bonchev–Trinajstić information content (AvgIpc) is 3.02. The van der Waals surface area contributed by atoms with Crippen LogP contribution in [0.25, 0.3) is 6.08 Å². The molecule has 0 saturated heterocycles. The number of aromatic carboxylic acids is 1. The maximum Gasteiger partial charge on any atom is 0.195 e. The van der Waals surface area contributed by atoms with Crippen molar-refractivity contribution in [2.45, 2.75) is 0 Å². The van der Waals surface area contributed by atoms with Gasteiger partial charge in [0.15, 0.2) is 17.3 Å². The van der Waals surface area contributed by atoms with Crippen molar-refractivity contribution in [3.8, 4) is 11.5 Å². The number of hydrogen-bond donors (Lipinski definition) is 0. The highest BCUT2D eigenvalue weighted by atomic mass is 35.5. The van der Waals surface area contributed by atoms with Crippen LogP contribution in [0.2, 0.25) is 5.02 Å². The van der Waals surface area contributed by atoms with Gasteiger partial charge in [-0.05, 0) is 35.9 Å². The van der Waals surface area contributed by atoms with Crippen molar-refractivity contribution in [2.24, 2.45) is 0 Å². The van der Waals surface area contributed by atoms with E-state index in [1.54, 1.807) is 18.2 Å². The Morgan fingerprint density at radius 2 is 1.87 bits per heavy atom. The lowest BCUT2D eigenvalue weighted by atomic mass is 10.1. The van der Waals surface area contributed by atoms with Gasteiger partial charge in [-0.2, -0.15) is 0 Å². The van der Waals surface area contributed by atoms with Gasteiger partial charge >= 0.3 is 0 Å². The zero-order valence-electron chi connectivity index (χ0n) is 12.3. The number of carboxylic acids is 1. The molecular formula is C16H12ClO5S-. The lowest BCUT2D eigenvalue weighted by Gasteiger charge is -2.10. The van der Waals surface area contributed by atoms with Gasteiger partial charge in [-0.25, -0.2) is 0 Å². The summed E-state index contributed by atoms with van der Waals surface area (Å²) in [7, 11) is 2.97. The Morgan fingerprint density at radius 1 is 1.17 bits per heavy atom. The van der Waals surface area contributed by atoms with E-state index in [2.05, 4.69) is 0 Å². The lowest BCUT2D eigenvalue weighted by molar-refractivity contribution is -0.254. The summed E-state index contributed by atoms with van der Waals surface area (Å²) >= 11 is 6.96. The topological polar surface area (TPSA) is 75.7 Å². The first kappa shape index (κ1) is 17.1. The van der Waals surface area contributed by atoms with E-state index in [1.807, 2.05) is 0 Å². The molecule has 2 rings (SSSR count). The molecule has 0 spiro atoms. The second kappa shape index (κ2) is 7.30. The second-order valence-electron chi connectivity index (χ2n) is 4.39. The molecule has 0 aliphatic heterocycles. The molecule has 0 radical (unpaired) electrons. The Kier molecular flexibility index (Phi) is 5.41. The van der Waals surface area contributed by atoms with Gasteiger partial charge in [0, 0.05) is 0 Å². The molecular weight excluding hydrogens is 340 g/mol. The SMILES string of the molecule is COc1cc(/C=C/C(=O)c2ccc(C(=O)[O-])s2)cc(Cl)c1OC. The molecule has 0 aliphatic carbocycles. The molecule has 0 saturated carbocycles. The van der Waals surface area contributed by atoms with Crippen molar-refractivity contribution in [1.29, 1.82) is 0 Å². The first-order chi connectivity index (χ1) is 11.0. The molecule has 5 nitrogen and oxygen atoms in total. The van der Waals surface area contributed by atoms with Crippen LogP contribution >= 0.6 is 22.9 Å². The van der Waals surface area contributed by atoms with Gasteiger partial charge in [-0.15, -0.1) is 11.3 Å². The zero-order valence-corrected chi connectivity index (χ0v) is 13.9. The van der Waals surface area contributed by atoms with Crippen molar-refractivity contribution in [3.63, 3.8) is 0 Å². The van der Waals surface area contributed by atoms with Gasteiger partial charge in [-0.1, -0.05) is 17.7 Å². The Labute approximate surface area is 141 Å². The summed E-state index contributed by atoms with van der Waals surface area (Å²) in [6.45, 7) is 0. The van der Waals surface area contributed by atoms with E-state index < -0.39 is 5.97 Å². The van der Waals surface area contributed by atoms with E-state index >= 15 is 0 Å². The number of carboxylic acid groups (broad SMARTS) is 1. The molecule has 0 fully saturated rings. The predicted molar refractivity (Wildman–Crippen MR) is 86.6 cm³/mol. The van der Waals surface area contributed by atoms with Crippen molar-refractivity contribution in [2.75, 3.05) is 14.2 Å². The highest BCUT2D eigenvalue weighted by molar-refractivity contribution is 7.16. The first-order valence-electron chi connectivity index (χ1n) is 6.41. The molecule has 1 heterocycles. The fourth-order valence-electron chi connectivity index (χ4n) is 1.87. The Morgan fingerprint density at radius 3 is 2.43 bits per heavy atom. The van der Waals surface area contributed by atoms with Gasteiger partial charge in [0.25, 0.3) is 0 Å². The third-order valence-electron chi connectivity index (χ3n) is 2.93. The van der Waals surface area contributed by atoms with Crippen molar-refractivity contribution >= 4 is 40.8 Å². The molecule has 23 heavy (non-hydrogen) atoms. The van der Waals surface area contributed by atoms with Crippen LogP contribution in [0.15, 0.2) is 30.3 Å². The lowest BCUT2D eigenvalue weighted by Crippen LogP contribution is -2.20. The third-order valence-corrected chi connectivity index (χ3v) is 4.29. The maximum atomic E-state index is 12.0. The number of benzene rings is 1. The fourth-order valence-corrected chi connectivity index (χ4v) is 2.93. The average molecular weight is 352 g/mol. The normalized spacial score (nSPS) is 10.7. The number of methoxy groups -OCH3 is 2. The van der Waals surface area contributed by atoms with Crippen molar-refractivity contribution in [3.05, 3.63) is 50.7 Å². The first-order valence-corrected chi connectivity index (χ1v) is 7.60. The molecule has 120 valence electrons. The summed E-state index contributed by atoms with van der Waals surface area (Å²) in [4.78, 5) is 23.1. The molecule has 0 atom stereocenters. The standard InChI is InChI=1S/C16H13ClO5S/c1-21-12-8-9(7-10(17)15(12)22-2)3-4-11(18)13-5-6-14(23-13)16(19)20/h3-8H,1-2H3,(H,19,20)/p-1/b4-3+. The third kappa shape index (κ3) is 3.91. The number of carbonyl (C=O) groups is 2. The van der Waals surface area contributed by atoms with Gasteiger partial charge in [0.2, 0.25) is 0 Å². The van der Waals surface area contributed by atoms with E-state index in [0.29, 0.717) is 27.0 Å². The molecule has 0 aliphatic rings. The van der Waals surface area contributed by atoms with Crippen molar-refractivity contribution < 1.29 is 24.2 Å². The summed E-state index contributed by atoms with van der Waals surface area (Å²) in [5.74, 6) is -0.755. The molecule has 1 aromatic heterocycles. The van der Waals surface area contributed by atoms with E-state index in [4.69, 9.17) is 21.1 Å². The Bertz CT molecular complexity index is 779. The van der Waals surface area contributed by atoms with E-state index in [1.165, 1.54) is 32.4 Å². The van der Waals surface area contributed by atoms with Gasteiger partial charge in [0.05, 0.1) is 35.0 Å². The van der Waals surface area contributed by atoms with E-state index in [0.717, 1.165) is 11.3 Å².